The van der Waals surface area contributed by atoms with Crippen molar-refractivity contribution in [1.82, 2.24) is 4.98 Å². The average molecular weight is 385 g/mol. The van der Waals surface area contributed by atoms with Gasteiger partial charge in [0, 0.05) is 10.9 Å². The largest absolute Gasteiger partial charge is 0.457 e. The second-order valence-corrected chi connectivity index (χ2v) is 7.12. The number of rotatable bonds is 6. The van der Waals surface area contributed by atoms with E-state index in [0.717, 1.165) is 33.5 Å². The van der Waals surface area contributed by atoms with Crippen molar-refractivity contribution >= 4 is 22.7 Å². The Kier molecular flexibility index (Phi) is 5.45. The van der Waals surface area contributed by atoms with E-state index in [1.54, 1.807) is 6.21 Å². The van der Waals surface area contributed by atoms with Crippen molar-refractivity contribution in [1.29, 1.82) is 0 Å². The fourth-order valence-electron chi connectivity index (χ4n) is 2.63. The number of hydrazone groups is 1. The number of aryl methyl sites for hydroxylation is 1. The number of hydrogen-bond acceptors (Lipinski definition) is 5. The van der Waals surface area contributed by atoms with Gasteiger partial charge in [-0.3, -0.25) is 5.43 Å². The lowest BCUT2D eigenvalue weighted by Crippen LogP contribution is -1.91. The Morgan fingerprint density at radius 3 is 2.54 bits per heavy atom. The Bertz CT molecular complexity index is 1070. The standard InChI is InChI=1S/C23H19N3OS/c1-17-10-12-19(13-11-17)22-16-28-23(25-22)26-24-15-18-6-5-9-21(14-18)27-20-7-3-2-4-8-20/h2-16H,1H3,(H,25,26)/b24-15+. The van der Waals surface area contributed by atoms with Gasteiger partial charge in [0.2, 0.25) is 5.13 Å². The maximum Gasteiger partial charge on any atom is 0.203 e. The Labute approximate surface area is 168 Å². The molecule has 0 atom stereocenters. The van der Waals surface area contributed by atoms with Crippen LogP contribution in [0.2, 0.25) is 0 Å². The van der Waals surface area contributed by atoms with Gasteiger partial charge in [-0.25, -0.2) is 4.98 Å². The molecule has 4 nitrogen and oxygen atoms in total. The van der Waals surface area contributed by atoms with Crippen LogP contribution in [0.1, 0.15) is 11.1 Å². The van der Waals surface area contributed by atoms with E-state index in [2.05, 4.69) is 46.7 Å². The van der Waals surface area contributed by atoms with E-state index in [0.29, 0.717) is 0 Å². The first kappa shape index (κ1) is 17.9. The van der Waals surface area contributed by atoms with Gasteiger partial charge in [0.05, 0.1) is 11.9 Å². The molecule has 0 amide bonds. The third-order valence-electron chi connectivity index (χ3n) is 4.06. The van der Waals surface area contributed by atoms with Crippen molar-refractivity contribution in [3.8, 4) is 22.8 Å². The van der Waals surface area contributed by atoms with E-state index in [4.69, 9.17) is 4.74 Å². The van der Waals surface area contributed by atoms with Crippen molar-refractivity contribution in [2.45, 2.75) is 6.92 Å². The highest BCUT2D eigenvalue weighted by atomic mass is 32.1. The minimum absolute atomic E-state index is 0.753. The average Bonchev–Trinajstić information content (AvgIpc) is 3.19. The summed E-state index contributed by atoms with van der Waals surface area (Å²) in [6.45, 7) is 2.08. The van der Waals surface area contributed by atoms with Crippen LogP contribution in [0.5, 0.6) is 11.5 Å². The van der Waals surface area contributed by atoms with E-state index in [9.17, 15) is 0 Å². The van der Waals surface area contributed by atoms with Crippen LogP contribution >= 0.6 is 11.3 Å². The number of benzene rings is 3. The molecule has 0 aliphatic rings. The Morgan fingerprint density at radius 2 is 1.71 bits per heavy atom. The Hall–Kier alpha value is -3.44. The molecule has 0 aliphatic heterocycles. The van der Waals surface area contributed by atoms with Crippen LogP contribution in [0.3, 0.4) is 0 Å². The molecule has 4 rings (SSSR count). The van der Waals surface area contributed by atoms with E-state index >= 15 is 0 Å². The summed E-state index contributed by atoms with van der Waals surface area (Å²) < 4.78 is 5.85. The maximum absolute atomic E-state index is 5.85. The minimum atomic E-state index is 0.753. The molecular formula is C23H19N3OS. The van der Waals surface area contributed by atoms with Gasteiger partial charge >= 0.3 is 0 Å². The summed E-state index contributed by atoms with van der Waals surface area (Å²) in [5.41, 5.74) is 7.22. The van der Waals surface area contributed by atoms with Crippen LogP contribution in [0.25, 0.3) is 11.3 Å². The Morgan fingerprint density at radius 1 is 0.929 bits per heavy atom. The number of anilines is 1. The summed E-state index contributed by atoms with van der Waals surface area (Å²) in [5.74, 6) is 1.58. The first-order valence-corrected chi connectivity index (χ1v) is 9.79. The van der Waals surface area contributed by atoms with Crippen molar-refractivity contribution in [2.75, 3.05) is 5.43 Å². The molecule has 28 heavy (non-hydrogen) atoms. The molecule has 0 saturated carbocycles. The second kappa shape index (κ2) is 8.50. The normalized spacial score (nSPS) is 10.9. The van der Waals surface area contributed by atoms with Gasteiger partial charge in [0.1, 0.15) is 11.5 Å². The summed E-state index contributed by atoms with van der Waals surface area (Å²) >= 11 is 1.53. The molecule has 0 unspecified atom stereocenters. The number of nitrogens with zero attached hydrogens (tertiary/aromatic N) is 2. The zero-order valence-corrected chi connectivity index (χ0v) is 16.2. The zero-order chi connectivity index (χ0) is 19.2. The van der Waals surface area contributed by atoms with Crippen molar-refractivity contribution in [3.63, 3.8) is 0 Å². The van der Waals surface area contributed by atoms with Crippen molar-refractivity contribution < 1.29 is 4.74 Å². The predicted molar refractivity (Wildman–Crippen MR) is 116 cm³/mol. The molecule has 3 aromatic carbocycles. The van der Waals surface area contributed by atoms with E-state index in [1.165, 1.54) is 16.9 Å². The SMILES string of the molecule is Cc1ccc(-c2csc(N/N=C/c3cccc(Oc4ccccc4)c3)n2)cc1. The first-order chi connectivity index (χ1) is 13.8. The molecule has 1 heterocycles. The molecule has 0 bridgehead atoms. The van der Waals surface area contributed by atoms with Gasteiger partial charge in [-0.05, 0) is 36.8 Å². The third kappa shape index (κ3) is 4.64. The van der Waals surface area contributed by atoms with Crippen LogP contribution in [0.15, 0.2) is 89.3 Å². The topological polar surface area (TPSA) is 46.5 Å². The summed E-state index contributed by atoms with van der Waals surface area (Å²) in [6, 6.07) is 25.8. The first-order valence-electron chi connectivity index (χ1n) is 8.91. The highest BCUT2D eigenvalue weighted by molar-refractivity contribution is 7.14. The fourth-order valence-corrected chi connectivity index (χ4v) is 3.30. The van der Waals surface area contributed by atoms with Crippen molar-refractivity contribution in [3.05, 3.63) is 95.4 Å². The number of hydrogen-bond donors (Lipinski definition) is 1. The summed E-state index contributed by atoms with van der Waals surface area (Å²) in [6.07, 6.45) is 1.75. The lowest BCUT2D eigenvalue weighted by atomic mass is 10.1. The fraction of sp³-hybridized carbons (Fsp3) is 0.0435. The molecule has 138 valence electrons. The minimum Gasteiger partial charge on any atom is -0.457 e. The molecule has 5 heteroatoms. The van der Waals surface area contributed by atoms with Gasteiger partial charge in [-0.1, -0.05) is 60.2 Å². The monoisotopic (exact) mass is 385 g/mol. The molecule has 0 spiro atoms. The summed E-state index contributed by atoms with van der Waals surface area (Å²) in [5, 5.41) is 7.08. The predicted octanol–water partition coefficient (Wildman–Crippen LogP) is 6.36. The lowest BCUT2D eigenvalue weighted by molar-refractivity contribution is 0.482. The highest BCUT2D eigenvalue weighted by Crippen LogP contribution is 2.25. The van der Waals surface area contributed by atoms with E-state index in [1.807, 2.05) is 60.0 Å². The van der Waals surface area contributed by atoms with E-state index in [-0.39, 0.29) is 0 Å². The number of thiazole rings is 1. The molecule has 1 aromatic heterocycles. The Balaban J connectivity index is 1.40. The summed E-state index contributed by atoms with van der Waals surface area (Å²) in [7, 11) is 0. The van der Waals surface area contributed by atoms with E-state index < -0.39 is 0 Å². The quantitative estimate of drug-likeness (QED) is 0.310. The molecule has 0 aliphatic carbocycles. The van der Waals surface area contributed by atoms with Crippen LogP contribution in [0, 0.1) is 6.92 Å². The zero-order valence-electron chi connectivity index (χ0n) is 15.4. The maximum atomic E-state index is 5.85. The molecular weight excluding hydrogens is 366 g/mol. The van der Waals surface area contributed by atoms with Crippen LogP contribution < -0.4 is 10.2 Å². The third-order valence-corrected chi connectivity index (χ3v) is 4.81. The highest BCUT2D eigenvalue weighted by Gasteiger charge is 2.03. The number of aromatic nitrogens is 1. The second-order valence-electron chi connectivity index (χ2n) is 6.26. The van der Waals surface area contributed by atoms with Crippen LogP contribution in [-0.4, -0.2) is 11.2 Å². The van der Waals surface area contributed by atoms with Gasteiger partial charge in [0.15, 0.2) is 0 Å². The molecule has 1 N–H and O–H groups in total. The smallest absolute Gasteiger partial charge is 0.203 e. The number of nitrogens with one attached hydrogen (secondary N) is 1. The van der Waals surface area contributed by atoms with Crippen LogP contribution in [0.4, 0.5) is 5.13 Å². The van der Waals surface area contributed by atoms with Crippen molar-refractivity contribution in [2.24, 2.45) is 5.10 Å². The lowest BCUT2D eigenvalue weighted by Gasteiger charge is -2.05. The van der Waals surface area contributed by atoms with Crippen LogP contribution in [-0.2, 0) is 0 Å². The summed E-state index contributed by atoms with van der Waals surface area (Å²) in [4.78, 5) is 4.58. The van der Waals surface area contributed by atoms with Gasteiger partial charge < -0.3 is 4.74 Å². The number of ether oxygens (including phenoxy) is 1. The van der Waals surface area contributed by atoms with Gasteiger partial charge in [0.25, 0.3) is 0 Å². The molecule has 0 saturated heterocycles. The van der Waals surface area contributed by atoms with Gasteiger partial charge in [-0.2, -0.15) is 5.10 Å². The molecule has 0 fully saturated rings. The van der Waals surface area contributed by atoms with Gasteiger partial charge in [-0.15, -0.1) is 11.3 Å². The number of para-hydroxylation sites is 1. The molecule has 4 aromatic rings. The molecule has 0 radical (unpaired) electrons.